The molecular formula is C10H11F2N. The third-order valence-electron chi connectivity index (χ3n) is 2.30. The second-order valence-corrected chi connectivity index (χ2v) is 3.27. The minimum atomic E-state index is -1.33. The zero-order valence-corrected chi connectivity index (χ0v) is 7.16. The first-order chi connectivity index (χ1) is 6.27. The standard InChI is InChI=1S/C10H11F2N/c11-9-6-13(7-10(9)12)8-4-2-1-3-5-8/h1-5,9-10H,6-7H2. The molecule has 0 amide bonds. The summed E-state index contributed by atoms with van der Waals surface area (Å²) < 4.78 is 25.7. The molecule has 1 nitrogen and oxygen atoms in total. The molecule has 2 unspecified atom stereocenters. The van der Waals surface area contributed by atoms with E-state index in [4.69, 9.17) is 0 Å². The van der Waals surface area contributed by atoms with Crippen LogP contribution in [0.2, 0.25) is 0 Å². The summed E-state index contributed by atoms with van der Waals surface area (Å²) in [5.41, 5.74) is 0.894. The average Bonchev–Trinajstić information content (AvgIpc) is 2.49. The van der Waals surface area contributed by atoms with Gasteiger partial charge in [-0.1, -0.05) is 18.2 Å². The smallest absolute Gasteiger partial charge is 0.150 e. The van der Waals surface area contributed by atoms with E-state index in [2.05, 4.69) is 0 Å². The normalized spacial score (nSPS) is 28.0. The monoisotopic (exact) mass is 183 g/mol. The minimum Gasteiger partial charge on any atom is -0.365 e. The van der Waals surface area contributed by atoms with Crippen LogP contribution < -0.4 is 4.90 Å². The molecule has 0 saturated carbocycles. The Bertz CT molecular complexity index is 266. The van der Waals surface area contributed by atoms with Crippen molar-refractivity contribution in [2.24, 2.45) is 0 Å². The van der Waals surface area contributed by atoms with Crippen molar-refractivity contribution < 1.29 is 8.78 Å². The second-order valence-electron chi connectivity index (χ2n) is 3.27. The highest BCUT2D eigenvalue weighted by Gasteiger charge is 2.32. The number of halogens is 2. The largest absolute Gasteiger partial charge is 0.365 e. The molecule has 1 aliphatic heterocycles. The Balaban J connectivity index is 2.12. The first-order valence-electron chi connectivity index (χ1n) is 4.35. The number of alkyl halides is 2. The Morgan fingerprint density at radius 2 is 1.54 bits per heavy atom. The van der Waals surface area contributed by atoms with Gasteiger partial charge in [-0.05, 0) is 12.1 Å². The summed E-state index contributed by atoms with van der Waals surface area (Å²) in [5.74, 6) is 0. The van der Waals surface area contributed by atoms with E-state index in [1.165, 1.54) is 0 Å². The van der Waals surface area contributed by atoms with E-state index in [0.29, 0.717) is 0 Å². The third-order valence-corrected chi connectivity index (χ3v) is 2.30. The van der Waals surface area contributed by atoms with Crippen molar-refractivity contribution in [2.45, 2.75) is 12.3 Å². The van der Waals surface area contributed by atoms with Crippen LogP contribution in [0.1, 0.15) is 0 Å². The molecule has 0 aliphatic carbocycles. The lowest BCUT2D eigenvalue weighted by Crippen LogP contribution is -2.19. The summed E-state index contributed by atoms with van der Waals surface area (Å²) in [4.78, 5) is 1.73. The first-order valence-corrected chi connectivity index (χ1v) is 4.35. The lowest BCUT2D eigenvalue weighted by atomic mass is 10.3. The molecule has 1 aliphatic rings. The summed E-state index contributed by atoms with van der Waals surface area (Å²) >= 11 is 0. The second kappa shape index (κ2) is 3.32. The molecule has 1 aromatic rings. The SMILES string of the molecule is FC1CN(c2ccccc2)CC1F. The van der Waals surface area contributed by atoms with Gasteiger partial charge in [0.2, 0.25) is 0 Å². The third kappa shape index (κ3) is 1.64. The van der Waals surface area contributed by atoms with Crippen LogP contribution in [0.15, 0.2) is 30.3 Å². The molecule has 2 rings (SSSR count). The van der Waals surface area contributed by atoms with Gasteiger partial charge in [0.05, 0.1) is 13.1 Å². The predicted molar refractivity (Wildman–Crippen MR) is 48.4 cm³/mol. The Morgan fingerprint density at radius 3 is 2.08 bits per heavy atom. The molecule has 2 atom stereocenters. The molecule has 0 N–H and O–H groups in total. The highest BCUT2D eigenvalue weighted by molar-refractivity contribution is 5.47. The first kappa shape index (κ1) is 8.48. The molecule has 3 heteroatoms. The van der Waals surface area contributed by atoms with Gasteiger partial charge in [0.15, 0.2) is 12.3 Å². The summed E-state index contributed by atoms with van der Waals surface area (Å²) in [6, 6.07) is 9.36. The fourth-order valence-electron chi connectivity index (χ4n) is 1.57. The van der Waals surface area contributed by atoms with E-state index in [1.54, 1.807) is 4.90 Å². The van der Waals surface area contributed by atoms with Gasteiger partial charge in [-0.15, -0.1) is 0 Å². The molecule has 13 heavy (non-hydrogen) atoms. The lowest BCUT2D eigenvalue weighted by Gasteiger charge is -2.16. The van der Waals surface area contributed by atoms with Crippen LogP contribution in [0, 0.1) is 0 Å². The van der Waals surface area contributed by atoms with Gasteiger partial charge in [-0.25, -0.2) is 8.78 Å². The number of rotatable bonds is 1. The van der Waals surface area contributed by atoms with E-state index in [1.807, 2.05) is 30.3 Å². The molecule has 1 heterocycles. The maximum absolute atomic E-state index is 12.8. The molecule has 0 radical (unpaired) electrons. The zero-order chi connectivity index (χ0) is 9.26. The number of hydrogen-bond donors (Lipinski definition) is 0. The Hall–Kier alpha value is -1.12. The van der Waals surface area contributed by atoms with Gasteiger partial charge < -0.3 is 4.90 Å². The number of hydrogen-bond acceptors (Lipinski definition) is 1. The van der Waals surface area contributed by atoms with Crippen molar-refractivity contribution in [3.05, 3.63) is 30.3 Å². The maximum atomic E-state index is 12.8. The van der Waals surface area contributed by atoms with Crippen LogP contribution >= 0.6 is 0 Å². The van der Waals surface area contributed by atoms with Gasteiger partial charge in [0.25, 0.3) is 0 Å². The van der Waals surface area contributed by atoms with E-state index >= 15 is 0 Å². The Morgan fingerprint density at radius 1 is 1.00 bits per heavy atom. The summed E-state index contributed by atoms with van der Waals surface area (Å²) in [7, 11) is 0. The number of anilines is 1. The highest BCUT2D eigenvalue weighted by atomic mass is 19.2. The van der Waals surface area contributed by atoms with E-state index in [0.717, 1.165) is 5.69 Å². The van der Waals surface area contributed by atoms with Crippen LogP contribution in [0.5, 0.6) is 0 Å². The fraction of sp³-hybridized carbons (Fsp3) is 0.400. The van der Waals surface area contributed by atoms with Crippen molar-refractivity contribution in [2.75, 3.05) is 18.0 Å². The van der Waals surface area contributed by atoms with Crippen LogP contribution in [-0.2, 0) is 0 Å². The minimum absolute atomic E-state index is 0.172. The number of para-hydroxylation sites is 1. The van der Waals surface area contributed by atoms with E-state index < -0.39 is 12.3 Å². The Labute approximate surface area is 76.0 Å². The number of nitrogens with zero attached hydrogens (tertiary/aromatic N) is 1. The molecule has 1 aromatic carbocycles. The van der Waals surface area contributed by atoms with Crippen molar-refractivity contribution in [1.82, 2.24) is 0 Å². The number of benzene rings is 1. The van der Waals surface area contributed by atoms with Gasteiger partial charge in [-0.3, -0.25) is 0 Å². The lowest BCUT2D eigenvalue weighted by molar-refractivity contribution is 0.217. The zero-order valence-electron chi connectivity index (χ0n) is 7.16. The van der Waals surface area contributed by atoms with Crippen LogP contribution in [-0.4, -0.2) is 25.4 Å². The topological polar surface area (TPSA) is 3.24 Å². The Kier molecular flexibility index (Phi) is 2.17. The molecular weight excluding hydrogens is 172 g/mol. The fourth-order valence-corrected chi connectivity index (χ4v) is 1.57. The van der Waals surface area contributed by atoms with Gasteiger partial charge in [0, 0.05) is 5.69 Å². The van der Waals surface area contributed by atoms with Gasteiger partial charge >= 0.3 is 0 Å². The molecule has 0 spiro atoms. The average molecular weight is 183 g/mol. The van der Waals surface area contributed by atoms with Crippen molar-refractivity contribution in [3.63, 3.8) is 0 Å². The quantitative estimate of drug-likeness (QED) is 0.645. The summed E-state index contributed by atoms with van der Waals surface area (Å²) in [5, 5.41) is 0. The molecule has 0 aromatic heterocycles. The molecule has 1 saturated heterocycles. The highest BCUT2D eigenvalue weighted by Crippen LogP contribution is 2.23. The summed E-state index contributed by atoms with van der Waals surface area (Å²) in [6.07, 6.45) is -2.67. The maximum Gasteiger partial charge on any atom is 0.150 e. The van der Waals surface area contributed by atoms with Gasteiger partial charge in [0.1, 0.15) is 0 Å². The van der Waals surface area contributed by atoms with E-state index in [9.17, 15) is 8.78 Å². The van der Waals surface area contributed by atoms with Crippen LogP contribution in [0.4, 0.5) is 14.5 Å². The molecule has 1 fully saturated rings. The van der Waals surface area contributed by atoms with Crippen molar-refractivity contribution in [3.8, 4) is 0 Å². The van der Waals surface area contributed by atoms with Crippen LogP contribution in [0.3, 0.4) is 0 Å². The van der Waals surface area contributed by atoms with Crippen LogP contribution in [0.25, 0.3) is 0 Å². The van der Waals surface area contributed by atoms with Crippen molar-refractivity contribution in [1.29, 1.82) is 0 Å². The summed E-state index contributed by atoms with van der Waals surface area (Å²) in [6.45, 7) is 0.344. The van der Waals surface area contributed by atoms with Crippen molar-refractivity contribution >= 4 is 5.69 Å². The van der Waals surface area contributed by atoms with Gasteiger partial charge in [-0.2, -0.15) is 0 Å². The molecule has 0 bridgehead atoms. The van der Waals surface area contributed by atoms with E-state index in [-0.39, 0.29) is 13.1 Å². The molecule has 70 valence electrons. The predicted octanol–water partition coefficient (Wildman–Crippen LogP) is 2.18.